The summed E-state index contributed by atoms with van der Waals surface area (Å²) < 4.78 is 68.5. The van der Waals surface area contributed by atoms with Crippen molar-refractivity contribution in [3.63, 3.8) is 0 Å². The Morgan fingerprint density at radius 3 is 2.22 bits per heavy atom. The standard InChI is InChI=1S/C15H18F5NO2/c16-14(17)5-7-21(8-6-14)9-12(22)10-23-13-3-1-11(2-4-13)15(18,19)20/h1-4,12,22H,5-10H2. The number of hydrogen-bond donors (Lipinski definition) is 1. The van der Waals surface area contributed by atoms with E-state index in [1.807, 2.05) is 0 Å². The van der Waals surface area contributed by atoms with Crippen molar-refractivity contribution in [1.29, 1.82) is 0 Å². The van der Waals surface area contributed by atoms with Gasteiger partial charge in [-0.05, 0) is 24.3 Å². The summed E-state index contributed by atoms with van der Waals surface area (Å²) in [5.74, 6) is -2.43. The molecular weight excluding hydrogens is 321 g/mol. The molecule has 0 aliphatic carbocycles. The first kappa shape index (κ1) is 17.9. The Morgan fingerprint density at radius 1 is 1.13 bits per heavy atom. The average Bonchev–Trinajstić information content (AvgIpc) is 2.47. The van der Waals surface area contributed by atoms with E-state index in [0.29, 0.717) is 0 Å². The Hall–Kier alpha value is -1.41. The van der Waals surface area contributed by atoms with Crippen molar-refractivity contribution in [3.05, 3.63) is 29.8 Å². The van der Waals surface area contributed by atoms with Crippen LogP contribution in [-0.4, -0.2) is 48.3 Å². The third-order valence-corrected chi connectivity index (χ3v) is 3.68. The molecule has 1 atom stereocenters. The van der Waals surface area contributed by atoms with Gasteiger partial charge in [0.1, 0.15) is 18.5 Å². The monoisotopic (exact) mass is 339 g/mol. The first-order valence-electron chi connectivity index (χ1n) is 7.24. The number of alkyl halides is 5. The van der Waals surface area contributed by atoms with E-state index in [0.717, 1.165) is 12.1 Å². The third kappa shape index (κ3) is 5.62. The van der Waals surface area contributed by atoms with Gasteiger partial charge < -0.3 is 14.7 Å². The number of nitrogens with zero attached hydrogens (tertiary/aromatic N) is 1. The second-order valence-corrected chi connectivity index (χ2v) is 5.64. The second-order valence-electron chi connectivity index (χ2n) is 5.64. The second kappa shape index (κ2) is 7.00. The molecule has 0 bridgehead atoms. The summed E-state index contributed by atoms with van der Waals surface area (Å²) in [5, 5.41) is 9.84. The molecule has 130 valence electrons. The molecule has 0 aromatic heterocycles. The number of likely N-dealkylation sites (tertiary alicyclic amines) is 1. The topological polar surface area (TPSA) is 32.7 Å². The number of aliphatic hydroxyl groups is 1. The summed E-state index contributed by atoms with van der Waals surface area (Å²) >= 11 is 0. The molecule has 2 rings (SSSR count). The first-order chi connectivity index (χ1) is 10.7. The quantitative estimate of drug-likeness (QED) is 0.837. The van der Waals surface area contributed by atoms with Crippen molar-refractivity contribution in [2.24, 2.45) is 0 Å². The minimum atomic E-state index is -4.41. The molecule has 1 aliphatic rings. The minimum absolute atomic E-state index is 0.113. The minimum Gasteiger partial charge on any atom is -0.491 e. The predicted molar refractivity (Wildman–Crippen MR) is 73.6 cm³/mol. The molecule has 1 N–H and O–H groups in total. The van der Waals surface area contributed by atoms with Crippen LogP contribution in [-0.2, 0) is 6.18 Å². The summed E-state index contributed by atoms with van der Waals surface area (Å²) in [6, 6.07) is 4.15. The summed E-state index contributed by atoms with van der Waals surface area (Å²) in [6.45, 7) is 0.476. The molecule has 1 aliphatic heterocycles. The molecule has 0 amide bonds. The molecule has 0 spiro atoms. The molecule has 0 saturated carbocycles. The smallest absolute Gasteiger partial charge is 0.416 e. The number of hydrogen-bond acceptors (Lipinski definition) is 3. The van der Waals surface area contributed by atoms with Gasteiger partial charge in [-0.25, -0.2) is 8.78 Å². The number of ether oxygens (including phenoxy) is 1. The summed E-state index contributed by atoms with van der Waals surface area (Å²) in [5.41, 5.74) is -0.778. The molecule has 3 nitrogen and oxygen atoms in total. The van der Waals surface area contributed by atoms with E-state index in [9.17, 15) is 27.1 Å². The van der Waals surface area contributed by atoms with Crippen LogP contribution >= 0.6 is 0 Å². The maximum absolute atomic E-state index is 13.0. The number of aliphatic hydroxyl groups excluding tert-OH is 1. The lowest BCUT2D eigenvalue weighted by molar-refractivity contribution is -0.137. The Morgan fingerprint density at radius 2 is 1.70 bits per heavy atom. The van der Waals surface area contributed by atoms with Gasteiger partial charge in [0.25, 0.3) is 5.92 Å². The van der Waals surface area contributed by atoms with E-state index < -0.39 is 23.8 Å². The summed E-state index contributed by atoms with van der Waals surface area (Å²) in [7, 11) is 0. The predicted octanol–water partition coefficient (Wildman–Crippen LogP) is 3.18. The van der Waals surface area contributed by atoms with Crippen LogP contribution in [0.15, 0.2) is 24.3 Å². The highest BCUT2D eigenvalue weighted by atomic mass is 19.4. The van der Waals surface area contributed by atoms with Crippen LogP contribution in [0.2, 0.25) is 0 Å². The van der Waals surface area contributed by atoms with Crippen molar-refractivity contribution in [1.82, 2.24) is 4.90 Å². The van der Waals surface area contributed by atoms with Crippen molar-refractivity contribution >= 4 is 0 Å². The van der Waals surface area contributed by atoms with Crippen molar-refractivity contribution < 1.29 is 31.8 Å². The van der Waals surface area contributed by atoms with Crippen LogP contribution < -0.4 is 4.74 Å². The normalized spacial score (nSPS) is 20.3. The molecule has 1 saturated heterocycles. The fraction of sp³-hybridized carbons (Fsp3) is 0.600. The maximum atomic E-state index is 13.0. The lowest BCUT2D eigenvalue weighted by Gasteiger charge is -2.32. The number of piperidine rings is 1. The van der Waals surface area contributed by atoms with E-state index in [1.54, 1.807) is 4.90 Å². The third-order valence-electron chi connectivity index (χ3n) is 3.68. The van der Waals surface area contributed by atoms with Crippen LogP contribution in [0.4, 0.5) is 22.0 Å². The molecule has 8 heteroatoms. The van der Waals surface area contributed by atoms with Gasteiger partial charge in [-0.1, -0.05) is 0 Å². The van der Waals surface area contributed by atoms with E-state index in [2.05, 4.69) is 0 Å². The van der Waals surface area contributed by atoms with Crippen LogP contribution in [0.1, 0.15) is 18.4 Å². The molecule has 1 aromatic rings. The zero-order valence-corrected chi connectivity index (χ0v) is 12.3. The van der Waals surface area contributed by atoms with Crippen LogP contribution in [0, 0.1) is 0 Å². The molecule has 1 fully saturated rings. The van der Waals surface area contributed by atoms with Crippen molar-refractivity contribution in [2.45, 2.75) is 31.0 Å². The molecule has 1 heterocycles. The van der Waals surface area contributed by atoms with E-state index >= 15 is 0 Å². The van der Waals surface area contributed by atoms with Crippen LogP contribution in [0.3, 0.4) is 0 Å². The van der Waals surface area contributed by atoms with Gasteiger partial charge in [0, 0.05) is 32.5 Å². The number of rotatable bonds is 5. The number of β-amino-alcohol motifs (C(OH)–C–C–N with tert-alkyl or cyclic N) is 1. The van der Waals surface area contributed by atoms with Crippen LogP contribution in [0.25, 0.3) is 0 Å². The van der Waals surface area contributed by atoms with Crippen molar-refractivity contribution in [3.8, 4) is 5.75 Å². The Bertz CT molecular complexity index is 494. The molecule has 23 heavy (non-hydrogen) atoms. The van der Waals surface area contributed by atoms with Crippen LogP contribution in [0.5, 0.6) is 5.75 Å². The summed E-state index contributed by atoms with van der Waals surface area (Å²) in [6.07, 6.45) is -5.78. The number of benzene rings is 1. The van der Waals surface area contributed by atoms with Gasteiger partial charge in [0.2, 0.25) is 0 Å². The van der Waals surface area contributed by atoms with Gasteiger partial charge in [-0.2, -0.15) is 13.2 Å². The molecule has 1 aromatic carbocycles. The fourth-order valence-electron chi connectivity index (χ4n) is 2.35. The van der Waals surface area contributed by atoms with E-state index in [-0.39, 0.29) is 44.8 Å². The zero-order chi connectivity index (χ0) is 17.1. The van der Waals surface area contributed by atoms with Gasteiger partial charge in [0.05, 0.1) is 5.56 Å². The van der Waals surface area contributed by atoms with E-state index in [4.69, 9.17) is 4.74 Å². The highest BCUT2D eigenvalue weighted by Crippen LogP contribution is 2.30. The SMILES string of the molecule is OC(COc1ccc(C(F)(F)F)cc1)CN1CCC(F)(F)CC1. The fourth-order valence-corrected chi connectivity index (χ4v) is 2.35. The maximum Gasteiger partial charge on any atom is 0.416 e. The van der Waals surface area contributed by atoms with E-state index in [1.165, 1.54) is 12.1 Å². The van der Waals surface area contributed by atoms with Gasteiger partial charge in [-0.15, -0.1) is 0 Å². The zero-order valence-electron chi connectivity index (χ0n) is 12.3. The molecule has 1 unspecified atom stereocenters. The Kier molecular flexibility index (Phi) is 5.46. The Balaban J connectivity index is 1.75. The highest BCUT2D eigenvalue weighted by molar-refractivity contribution is 5.28. The largest absolute Gasteiger partial charge is 0.491 e. The van der Waals surface area contributed by atoms with Gasteiger partial charge >= 0.3 is 6.18 Å². The first-order valence-corrected chi connectivity index (χ1v) is 7.24. The number of halogens is 5. The molecular formula is C15H18F5NO2. The van der Waals surface area contributed by atoms with Gasteiger partial charge in [-0.3, -0.25) is 0 Å². The highest BCUT2D eigenvalue weighted by Gasteiger charge is 2.34. The van der Waals surface area contributed by atoms with Gasteiger partial charge in [0.15, 0.2) is 0 Å². The Labute approximate surface area is 130 Å². The lowest BCUT2D eigenvalue weighted by Crippen LogP contribution is -2.44. The lowest BCUT2D eigenvalue weighted by atomic mass is 10.1. The summed E-state index contributed by atoms with van der Waals surface area (Å²) in [4.78, 5) is 1.72. The van der Waals surface area contributed by atoms with Crippen molar-refractivity contribution in [2.75, 3.05) is 26.2 Å². The molecule has 0 radical (unpaired) electrons. The average molecular weight is 339 g/mol.